The molecule has 3 aromatic heterocycles. The lowest BCUT2D eigenvalue weighted by molar-refractivity contribution is -0.117. The Balaban J connectivity index is 1.68. The normalized spacial score (nSPS) is 14.5. The smallest absolute Gasteiger partial charge is 0.245 e. The highest BCUT2D eigenvalue weighted by Gasteiger charge is 2.41. The number of carbonyl (C=O) groups excluding carboxylic acids is 1. The van der Waals surface area contributed by atoms with Crippen LogP contribution in [0.5, 0.6) is 5.88 Å². The van der Waals surface area contributed by atoms with E-state index in [-0.39, 0.29) is 12.0 Å². The molecule has 4 aromatic rings. The van der Waals surface area contributed by atoms with E-state index in [1.807, 2.05) is 41.5 Å². The summed E-state index contributed by atoms with van der Waals surface area (Å²) < 4.78 is 10.0. The molecule has 1 saturated carbocycles. The number of aryl methyl sites for hydroxylation is 2. The second kappa shape index (κ2) is 7.84. The van der Waals surface area contributed by atoms with Crippen LogP contribution in [-0.2, 0) is 24.8 Å². The van der Waals surface area contributed by atoms with Crippen molar-refractivity contribution in [3.05, 3.63) is 52.6 Å². The number of hydrogen-bond donors (Lipinski definition) is 1. The van der Waals surface area contributed by atoms with Gasteiger partial charge in [0.05, 0.1) is 29.9 Å². The van der Waals surface area contributed by atoms with E-state index < -0.39 is 5.91 Å². The van der Waals surface area contributed by atoms with Crippen molar-refractivity contribution in [2.75, 3.05) is 0 Å². The maximum Gasteiger partial charge on any atom is 0.245 e. The van der Waals surface area contributed by atoms with Crippen LogP contribution in [-0.4, -0.2) is 40.8 Å². The van der Waals surface area contributed by atoms with E-state index in [0.717, 1.165) is 29.7 Å². The second-order valence-electron chi connectivity index (χ2n) is 8.78. The van der Waals surface area contributed by atoms with E-state index in [2.05, 4.69) is 22.0 Å². The fraction of sp³-hybridized carbons (Fsp3) is 0.348. The van der Waals surface area contributed by atoms with Gasteiger partial charge >= 0.3 is 0 Å². The van der Waals surface area contributed by atoms with Gasteiger partial charge in [0.1, 0.15) is 17.8 Å². The van der Waals surface area contributed by atoms with Gasteiger partial charge in [-0.15, -0.1) is 0 Å². The summed E-state index contributed by atoms with van der Waals surface area (Å²) in [6.07, 6.45) is 5.41. The van der Waals surface area contributed by atoms with Crippen LogP contribution in [0.3, 0.4) is 0 Å². The SMILES string of the molecule is Cc1cnn(C)c1Cn1c(-c2ccc(CC(N)=O)cc2Cl)nc2c(OC3(C)CC3)ncnc21. The Morgan fingerprint density at radius 2 is 2.09 bits per heavy atom. The number of carbonyl (C=O) groups is 1. The topological polar surface area (TPSA) is 114 Å². The molecule has 0 aliphatic heterocycles. The minimum absolute atomic E-state index is 0.118. The Morgan fingerprint density at radius 1 is 1.30 bits per heavy atom. The van der Waals surface area contributed by atoms with Gasteiger partial charge in [-0.2, -0.15) is 10.1 Å². The average molecular weight is 466 g/mol. The Bertz CT molecular complexity index is 1370. The van der Waals surface area contributed by atoms with Gasteiger partial charge in [-0.1, -0.05) is 17.7 Å². The van der Waals surface area contributed by atoms with E-state index in [1.165, 1.54) is 6.33 Å². The molecule has 0 unspecified atom stereocenters. The van der Waals surface area contributed by atoms with Crippen LogP contribution in [0.1, 0.15) is 36.6 Å². The maximum absolute atomic E-state index is 11.3. The average Bonchev–Trinajstić information content (AvgIpc) is 3.24. The van der Waals surface area contributed by atoms with Gasteiger partial charge in [-0.05, 0) is 49.9 Å². The Morgan fingerprint density at radius 3 is 2.73 bits per heavy atom. The highest BCUT2D eigenvalue weighted by molar-refractivity contribution is 6.33. The van der Waals surface area contributed by atoms with Gasteiger partial charge in [0.2, 0.25) is 11.8 Å². The summed E-state index contributed by atoms with van der Waals surface area (Å²) in [5, 5.41) is 4.83. The zero-order valence-electron chi connectivity index (χ0n) is 18.7. The van der Waals surface area contributed by atoms with Crippen LogP contribution < -0.4 is 10.5 Å². The number of halogens is 1. The van der Waals surface area contributed by atoms with Crippen molar-refractivity contribution in [1.82, 2.24) is 29.3 Å². The number of ether oxygens (including phenoxy) is 1. The number of fused-ring (bicyclic) bond motifs is 1. The molecular formula is C23H24ClN7O2. The second-order valence-corrected chi connectivity index (χ2v) is 9.19. The van der Waals surface area contributed by atoms with Crippen molar-refractivity contribution >= 4 is 28.7 Å². The molecular weight excluding hydrogens is 442 g/mol. The lowest BCUT2D eigenvalue weighted by Gasteiger charge is -2.12. The fourth-order valence-electron chi connectivity index (χ4n) is 3.86. The molecule has 1 amide bonds. The minimum atomic E-state index is -0.414. The molecule has 5 rings (SSSR count). The van der Waals surface area contributed by atoms with Gasteiger partial charge < -0.3 is 15.0 Å². The number of nitrogens with zero attached hydrogens (tertiary/aromatic N) is 6. The quantitative estimate of drug-likeness (QED) is 0.448. The van der Waals surface area contributed by atoms with Crippen LogP contribution in [0.15, 0.2) is 30.7 Å². The molecule has 9 nitrogen and oxygen atoms in total. The van der Waals surface area contributed by atoms with Crippen molar-refractivity contribution in [3.8, 4) is 17.3 Å². The van der Waals surface area contributed by atoms with E-state index in [4.69, 9.17) is 27.1 Å². The Kier molecular flexibility index (Phi) is 5.08. The number of primary amides is 1. The molecule has 3 heterocycles. The molecule has 10 heteroatoms. The molecule has 1 aliphatic carbocycles. The summed E-state index contributed by atoms with van der Waals surface area (Å²) in [6.45, 7) is 4.57. The third-order valence-corrected chi connectivity index (χ3v) is 6.34. The first kappa shape index (κ1) is 21.4. The van der Waals surface area contributed by atoms with Crippen LogP contribution in [0.25, 0.3) is 22.6 Å². The van der Waals surface area contributed by atoms with Crippen molar-refractivity contribution in [1.29, 1.82) is 0 Å². The van der Waals surface area contributed by atoms with Crippen LogP contribution in [0.4, 0.5) is 0 Å². The number of benzene rings is 1. The number of aromatic nitrogens is 6. The first-order valence-electron chi connectivity index (χ1n) is 10.7. The number of hydrogen-bond acceptors (Lipinski definition) is 6. The van der Waals surface area contributed by atoms with E-state index in [9.17, 15) is 4.79 Å². The summed E-state index contributed by atoms with van der Waals surface area (Å²) in [5.74, 6) is 0.680. The van der Waals surface area contributed by atoms with Crippen molar-refractivity contribution in [2.45, 2.75) is 45.3 Å². The zero-order valence-corrected chi connectivity index (χ0v) is 19.4. The molecule has 170 valence electrons. The Labute approximate surface area is 195 Å². The van der Waals surface area contributed by atoms with Crippen molar-refractivity contribution < 1.29 is 9.53 Å². The lowest BCUT2D eigenvalue weighted by atomic mass is 10.1. The first-order valence-corrected chi connectivity index (χ1v) is 11.1. The predicted octanol–water partition coefficient (Wildman–Crippen LogP) is 3.20. The van der Waals surface area contributed by atoms with E-state index in [1.54, 1.807) is 6.07 Å². The highest BCUT2D eigenvalue weighted by Crippen LogP contribution is 2.41. The molecule has 0 spiro atoms. The summed E-state index contributed by atoms with van der Waals surface area (Å²) in [6, 6.07) is 5.43. The van der Waals surface area contributed by atoms with E-state index in [0.29, 0.717) is 40.0 Å². The summed E-state index contributed by atoms with van der Waals surface area (Å²) >= 11 is 6.66. The van der Waals surface area contributed by atoms with Gasteiger partial charge in [-0.25, -0.2) is 9.97 Å². The molecule has 0 saturated heterocycles. The Hall–Kier alpha value is -3.46. The molecule has 1 fully saturated rings. The number of rotatable bonds is 7. The lowest BCUT2D eigenvalue weighted by Crippen LogP contribution is -2.13. The third-order valence-electron chi connectivity index (χ3n) is 6.03. The van der Waals surface area contributed by atoms with Gasteiger partial charge in [0, 0.05) is 12.6 Å². The number of amides is 1. The molecule has 0 atom stereocenters. The molecule has 1 aromatic carbocycles. The van der Waals surface area contributed by atoms with Gasteiger partial charge in [-0.3, -0.25) is 9.48 Å². The summed E-state index contributed by atoms with van der Waals surface area (Å²) in [5.41, 5.74) is 9.90. The van der Waals surface area contributed by atoms with E-state index >= 15 is 0 Å². The predicted molar refractivity (Wildman–Crippen MR) is 124 cm³/mol. The number of nitrogens with two attached hydrogens (primary N) is 1. The monoisotopic (exact) mass is 465 g/mol. The highest BCUT2D eigenvalue weighted by atomic mass is 35.5. The zero-order chi connectivity index (χ0) is 23.3. The largest absolute Gasteiger partial charge is 0.470 e. The van der Waals surface area contributed by atoms with Crippen molar-refractivity contribution in [3.63, 3.8) is 0 Å². The van der Waals surface area contributed by atoms with Crippen LogP contribution >= 0.6 is 11.6 Å². The maximum atomic E-state index is 11.3. The van der Waals surface area contributed by atoms with Crippen molar-refractivity contribution in [2.24, 2.45) is 12.8 Å². The van der Waals surface area contributed by atoms with Crippen LogP contribution in [0, 0.1) is 6.92 Å². The summed E-state index contributed by atoms with van der Waals surface area (Å²) in [4.78, 5) is 25.1. The molecule has 33 heavy (non-hydrogen) atoms. The molecule has 0 bridgehead atoms. The van der Waals surface area contributed by atoms with Gasteiger partial charge in [0.25, 0.3) is 0 Å². The fourth-order valence-corrected chi connectivity index (χ4v) is 4.15. The third kappa shape index (κ3) is 4.04. The standard InChI is InChI=1S/C23H24ClN7O2/c1-13-10-28-30(3)17(13)11-31-20(15-5-4-14(8-16(15)24)9-18(25)32)29-19-21(31)26-12-27-22(19)33-23(2)6-7-23/h4-5,8,10,12H,6-7,9,11H2,1-3H3,(H2,25,32). The minimum Gasteiger partial charge on any atom is -0.470 e. The number of imidazole rings is 1. The molecule has 0 radical (unpaired) electrons. The summed E-state index contributed by atoms with van der Waals surface area (Å²) in [7, 11) is 1.91. The molecule has 2 N–H and O–H groups in total. The molecule has 1 aliphatic rings. The first-order chi connectivity index (χ1) is 15.7. The van der Waals surface area contributed by atoms with Gasteiger partial charge in [0.15, 0.2) is 11.2 Å². The van der Waals surface area contributed by atoms with Crippen LogP contribution in [0.2, 0.25) is 5.02 Å².